The highest BCUT2D eigenvalue weighted by atomic mass is 79.9. The van der Waals surface area contributed by atoms with Gasteiger partial charge in [-0.05, 0) is 46.9 Å². The number of hydrogen-bond acceptors (Lipinski definition) is 0. The minimum absolute atomic E-state index is 0.923. The molecule has 1 aliphatic carbocycles. The molecule has 1 heteroatoms. The van der Waals surface area contributed by atoms with Gasteiger partial charge in [-0.1, -0.05) is 123 Å². The zero-order valence-corrected chi connectivity index (χ0v) is 18.5. The van der Waals surface area contributed by atoms with Gasteiger partial charge in [-0.15, -0.1) is 0 Å². The molecule has 0 bridgehead atoms. The smallest absolute Gasteiger partial charge is 0.0283 e. The molecule has 0 N–H and O–H groups in total. The van der Waals surface area contributed by atoms with Crippen LogP contribution in [0.5, 0.6) is 0 Å². The molecule has 0 aliphatic heterocycles. The molecule has 0 nitrogen and oxygen atoms in total. The van der Waals surface area contributed by atoms with Crippen LogP contribution in [0.15, 0.2) is 48.5 Å². The number of unbranched alkanes of at least 4 members (excludes halogenated alkanes) is 2. The summed E-state index contributed by atoms with van der Waals surface area (Å²) in [5.74, 6) is 1.99. The quantitative estimate of drug-likeness (QED) is 0.278. The Bertz CT molecular complexity index is 648. The van der Waals surface area contributed by atoms with Crippen LogP contribution in [0.2, 0.25) is 0 Å². The first-order valence-corrected chi connectivity index (χ1v) is 12.1. The first kappa shape index (κ1) is 20.6. The van der Waals surface area contributed by atoms with E-state index in [1.165, 1.54) is 86.5 Å². The second-order valence-electron chi connectivity index (χ2n) is 8.45. The predicted molar refractivity (Wildman–Crippen MR) is 122 cm³/mol. The number of hydrogen-bond donors (Lipinski definition) is 0. The van der Waals surface area contributed by atoms with Crippen molar-refractivity contribution in [2.45, 2.75) is 76.5 Å². The topological polar surface area (TPSA) is 0 Å². The highest BCUT2D eigenvalue weighted by Crippen LogP contribution is 2.34. The summed E-state index contributed by atoms with van der Waals surface area (Å²) in [7, 11) is 0. The van der Waals surface area contributed by atoms with E-state index in [1.54, 1.807) is 0 Å². The lowest BCUT2D eigenvalue weighted by Gasteiger charge is -2.28. The van der Waals surface area contributed by atoms with E-state index in [0.29, 0.717) is 0 Å². The van der Waals surface area contributed by atoms with Gasteiger partial charge in [0, 0.05) is 5.33 Å². The van der Waals surface area contributed by atoms with Crippen LogP contribution >= 0.6 is 15.9 Å². The molecule has 0 spiro atoms. The van der Waals surface area contributed by atoms with Crippen molar-refractivity contribution >= 4 is 15.9 Å². The molecule has 0 unspecified atom stereocenters. The maximum atomic E-state index is 3.51. The summed E-state index contributed by atoms with van der Waals surface area (Å²) in [5.41, 5.74) is 5.47. The zero-order valence-electron chi connectivity index (χ0n) is 16.9. The average Bonchev–Trinajstić information content (AvgIpc) is 2.74. The van der Waals surface area contributed by atoms with E-state index in [0.717, 1.165) is 17.2 Å². The molecule has 1 fully saturated rings. The van der Waals surface area contributed by atoms with Gasteiger partial charge in [0.25, 0.3) is 0 Å². The number of benzene rings is 2. The Morgan fingerprint density at radius 1 is 0.704 bits per heavy atom. The lowest BCUT2D eigenvalue weighted by Crippen LogP contribution is -2.15. The first-order chi connectivity index (χ1) is 13.3. The summed E-state index contributed by atoms with van der Waals surface area (Å²) >= 11 is 3.51. The largest absolute Gasteiger partial charge is 0.0876 e. The maximum absolute atomic E-state index is 3.51. The van der Waals surface area contributed by atoms with Gasteiger partial charge < -0.3 is 0 Å². The van der Waals surface area contributed by atoms with Crippen molar-refractivity contribution in [3.63, 3.8) is 0 Å². The molecule has 2 aromatic carbocycles. The van der Waals surface area contributed by atoms with Gasteiger partial charge in [0.1, 0.15) is 0 Å². The van der Waals surface area contributed by atoms with Gasteiger partial charge in [0.15, 0.2) is 0 Å². The third-order valence-electron chi connectivity index (χ3n) is 6.42. The molecule has 0 amide bonds. The Morgan fingerprint density at radius 3 is 1.74 bits per heavy atom. The number of rotatable bonds is 9. The second kappa shape index (κ2) is 11.1. The SMILES string of the molecule is CCCCCC1CCC(CCc2ccc(-c3ccc(CBr)cc3)cc2)CC1. The lowest BCUT2D eigenvalue weighted by atomic mass is 9.78. The fourth-order valence-electron chi connectivity index (χ4n) is 4.51. The predicted octanol–water partition coefficient (Wildman–Crippen LogP) is 8.57. The third-order valence-corrected chi connectivity index (χ3v) is 7.07. The minimum Gasteiger partial charge on any atom is -0.0876 e. The normalized spacial score (nSPS) is 19.9. The Hall–Kier alpha value is -1.08. The molecule has 3 rings (SSSR count). The summed E-state index contributed by atoms with van der Waals surface area (Å²) in [6, 6.07) is 18.1. The van der Waals surface area contributed by atoms with E-state index in [4.69, 9.17) is 0 Å². The second-order valence-corrected chi connectivity index (χ2v) is 9.01. The standard InChI is InChI=1S/C26H35Br/c1-2-3-4-5-21-6-8-22(9-7-21)10-11-23-12-16-25(17-13-23)26-18-14-24(20-27)15-19-26/h12-19,21-22H,2-11,20H2,1H3. The molecule has 2 aromatic rings. The average molecular weight is 427 g/mol. The molecular formula is C26H35Br. The molecule has 146 valence electrons. The van der Waals surface area contributed by atoms with E-state index >= 15 is 0 Å². The zero-order chi connectivity index (χ0) is 18.9. The van der Waals surface area contributed by atoms with Crippen LogP contribution in [-0.2, 0) is 11.8 Å². The van der Waals surface area contributed by atoms with E-state index in [-0.39, 0.29) is 0 Å². The molecule has 0 radical (unpaired) electrons. The molecule has 0 aromatic heterocycles. The van der Waals surface area contributed by atoms with Crippen molar-refractivity contribution in [2.75, 3.05) is 0 Å². The van der Waals surface area contributed by atoms with Gasteiger partial charge in [-0.3, -0.25) is 0 Å². The van der Waals surface area contributed by atoms with Crippen LogP contribution in [0.3, 0.4) is 0 Å². The molecule has 0 atom stereocenters. The van der Waals surface area contributed by atoms with Crippen molar-refractivity contribution in [2.24, 2.45) is 11.8 Å². The van der Waals surface area contributed by atoms with Crippen molar-refractivity contribution in [3.8, 4) is 11.1 Å². The van der Waals surface area contributed by atoms with Crippen molar-refractivity contribution < 1.29 is 0 Å². The Labute approximate surface area is 174 Å². The van der Waals surface area contributed by atoms with E-state index in [9.17, 15) is 0 Å². The van der Waals surface area contributed by atoms with Crippen LogP contribution in [0.25, 0.3) is 11.1 Å². The van der Waals surface area contributed by atoms with Gasteiger partial charge in [0.2, 0.25) is 0 Å². The maximum Gasteiger partial charge on any atom is 0.0283 e. The molecule has 0 heterocycles. The number of alkyl halides is 1. The van der Waals surface area contributed by atoms with Gasteiger partial charge in [-0.2, -0.15) is 0 Å². The van der Waals surface area contributed by atoms with E-state index in [1.807, 2.05) is 0 Å². The monoisotopic (exact) mass is 426 g/mol. The first-order valence-electron chi connectivity index (χ1n) is 11.0. The molecule has 1 saturated carbocycles. The molecule has 0 saturated heterocycles. The van der Waals surface area contributed by atoms with Crippen LogP contribution in [0, 0.1) is 11.8 Å². The van der Waals surface area contributed by atoms with Crippen LogP contribution in [0.1, 0.15) is 75.8 Å². The highest BCUT2D eigenvalue weighted by Gasteiger charge is 2.20. The van der Waals surface area contributed by atoms with Crippen molar-refractivity contribution in [3.05, 3.63) is 59.7 Å². The van der Waals surface area contributed by atoms with Crippen LogP contribution in [0.4, 0.5) is 0 Å². The van der Waals surface area contributed by atoms with Gasteiger partial charge >= 0.3 is 0 Å². The minimum atomic E-state index is 0.923. The summed E-state index contributed by atoms with van der Waals surface area (Å²) in [5, 5.41) is 0.923. The lowest BCUT2D eigenvalue weighted by molar-refractivity contribution is 0.249. The highest BCUT2D eigenvalue weighted by molar-refractivity contribution is 9.08. The molecule has 27 heavy (non-hydrogen) atoms. The van der Waals surface area contributed by atoms with E-state index < -0.39 is 0 Å². The Morgan fingerprint density at radius 2 is 1.22 bits per heavy atom. The van der Waals surface area contributed by atoms with Gasteiger partial charge in [0.05, 0.1) is 0 Å². The molecular weight excluding hydrogens is 392 g/mol. The van der Waals surface area contributed by atoms with Crippen LogP contribution < -0.4 is 0 Å². The van der Waals surface area contributed by atoms with Crippen molar-refractivity contribution in [1.29, 1.82) is 0 Å². The molecule has 1 aliphatic rings. The number of aryl methyl sites for hydroxylation is 1. The fourth-order valence-corrected chi connectivity index (χ4v) is 4.89. The Kier molecular flexibility index (Phi) is 8.45. The third kappa shape index (κ3) is 6.49. The number of halogens is 1. The van der Waals surface area contributed by atoms with Gasteiger partial charge in [-0.25, -0.2) is 0 Å². The summed E-state index contributed by atoms with van der Waals surface area (Å²) in [6.07, 6.45) is 14.2. The van der Waals surface area contributed by atoms with Crippen LogP contribution in [-0.4, -0.2) is 0 Å². The fraction of sp³-hybridized carbons (Fsp3) is 0.538. The van der Waals surface area contributed by atoms with E-state index in [2.05, 4.69) is 71.4 Å². The summed E-state index contributed by atoms with van der Waals surface area (Å²) in [6.45, 7) is 2.31. The summed E-state index contributed by atoms with van der Waals surface area (Å²) < 4.78 is 0. The summed E-state index contributed by atoms with van der Waals surface area (Å²) in [4.78, 5) is 0. The Balaban J connectivity index is 1.42. The van der Waals surface area contributed by atoms with Crippen molar-refractivity contribution in [1.82, 2.24) is 0 Å².